The second kappa shape index (κ2) is 9.70. The summed E-state index contributed by atoms with van der Waals surface area (Å²) in [5, 5.41) is 5.72. The Morgan fingerprint density at radius 2 is 1.75 bits per heavy atom. The minimum Gasteiger partial charge on any atom is -0.342 e. The zero-order valence-corrected chi connectivity index (χ0v) is 18.8. The van der Waals surface area contributed by atoms with E-state index in [2.05, 4.69) is 20.6 Å². The molecule has 3 aromatic carbocycles. The van der Waals surface area contributed by atoms with Crippen molar-refractivity contribution in [2.24, 2.45) is 0 Å². The number of aryl methyl sites for hydroxylation is 2. The van der Waals surface area contributed by atoms with Crippen LogP contribution in [0.1, 0.15) is 28.7 Å². The minimum atomic E-state index is -0.152. The average Bonchev–Trinajstić information content (AvgIpc) is 3.20. The lowest BCUT2D eigenvalue weighted by Crippen LogP contribution is -2.11. The number of hydrogen-bond donors (Lipinski definition) is 3. The average molecular weight is 445 g/mol. The summed E-state index contributed by atoms with van der Waals surface area (Å²) >= 11 is 1.64. The van der Waals surface area contributed by atoms with Gasteiger partial charge in [-0.25, -0.2) is 4.98 Å². The smallest absolute Gasteiger partial charge is 0.255 e. The normalized spacial score (nSPS) is 10.8. The highest BCUT2D eigenvalue weighted by Gasteiger charge is 2.10. The molecule has 0 radical (unpaired) electrons. The number of rotatable bonds is 7. The lowest BCUT2D eigenvalue weighted by Gasteiger charge is -2.06. The summed E-state index contributed by atoms with van der Waals surface area (Å²) in [4.78, 5) is 32.9. The highest BCUT2D eigenvalue weighted by molar-refractivity contribution is 7.98. The van der Waals surface area contributed by atoms with Crippen LogP contribution < -0.4 is 10.6 Å². The first-order valence-electron chi connectivity index (χ1n) is 10.3. The number of carbonyl (C=O) groups is 2. The first kappa shape index (κ1) is 21.6. The Kier molecular flexibility index (Phi) is 6.56. The summed E-state index contributed by atoms with van der Waals surface area (Å²) in [5.74, 6) is 0.637. The monoisotopic (exact) mass is 444 g/mol. The van der Waals surface area contributed by atoms with Crippen LogP contribution in [-0.2, 0) is 17.6 Å². The molecule has 6 nitrogen and oxygen atoms in total. The molecule has 4 aromatic rings. The number of carbonyl (C=O) groups excluding carboxylic acids is 2. The van der Waals surface area contributed by atoms with Crippen LogP contribution in [0.5, 0.6) is 0 Å². The molecule has 0 atom stereocenters. The minimum absolute atomic E-state index is 0.0819. The number of aromatic nitrogens is 2. The summed E-state index contributed by atoms with van der Waals surface area (Å²) < 4.78 is 0. The van der Waals surface area contributed by atoms with Gasteiger partial charge in [-0.05, 0) is 66.8 Å². The number of nitrogens with one attached hydrogen (secondary N) is 3. The number of anilines is 2. The summed E-state index contributed by atoms with van der Waals surface area (Å²) in [7, 11) is 0. The van der Waals surface area contributed by atoms with Gasteiger partial charge in [0.2, 0.25) is 5.91 Å². The Morgan fingerprint density at radius 3 is 2.50 bits per heavy atom. The van der Waals surface area contributed by atoms with E-state index in [1.165, 1.54) is 6.92 Å². The summed E-state index contributed by atoms with van der Waals surface area (Å²) in [5.41, 5.74) is 4.98. The van der Waals surface area contributed by atoms with Crippen LogP contribution in [0.4, 0.5) is 11.4 Å². The van der Waals surface area contributed by atoms with Crippen LogP contribution in [-0.4, -0.2) is 28.0 Å². The SMILES string of the molecule is CSc1cccc(NC(=O)c2ccc3nc(CCc4ccc(NC(C)=O)cc4)[nH]c3c2)c1. The Labute approximate surface area is 190 Å². The van der Waals surface area contributed by atoms with Crippen molar-refractivity contribution < 1.29 is 9.59 Å². The van der Waals surface area contributed by atoms with E-state index in [9.17, 15) is 9.59 Å². The number of H-pyrrole nitrogens is 1. The third-order valence-electron chi connectivity index (χ3n) is 5.05. The van der Waals surface area contributed by atoms with Crippen molar-refractivity contribution in [3.63, 3.8) is 0 Å². The zero-order chi connectivity index (χ0) is 22.5. The van der Waals surface area contributed by atoms with Gasteiger partial charge in [0, 0.05) is 35.2 Å². The number of amides is 2. The quantitative estimate of drug-likeness (QED) is 0.339. The number of benzene rings is 3. The van der Waals surface area contributed by atoms with E-state index in [0.29, 0.717) is 5.56 Å². The topological polar surface area (TPSA) is 86.9 Å². The lowest BCUT2D eigenvalue weighted by atomic mass is 10.1. The predicted molar refractivity (Wildman–Crippen MR) is 130 cm³/mol. The molecule has 0 aliphatic rings. The molecule has 7 heteroatoms. The molecule has 0 saturated carbocycles. The van der Waals surface area contributed by atoms with E-state index in [4.69, 9.17) is 0 Å². The van der Waals surface area contributed by atoms with Crippen LogP contribution in [0.3, 0.4) is 0 Å². The van der Waals surface area contributed by atoms with Gasteiger partial charge in [0.15, 0.2) is 0 Å². The van der Waals surface area contributed by atoms with Crippen LogP contribution in [0.15, 0.2) is 71.6 Å². The van der Waals surface area contributed by atoms with Gasteiger partial charge in [-0.2, -0.15) is 0 Å². The molecule has 0 aliphatic heterocycles. The summed E-state index contributed by atoms with van der Waals surface area (Å²) in [6, 6.07) is 21.1. The van der Waals surface area contributed by atoms with Crippen molar-refractivity contribution in [2.45, 2.75) is 24.7 Å². The van der Waals surface area contributed by atoms with E-state index in [1.807, 2.05) is 66.9 Å². The number of nitrogens with zero attached hydrogens (tertiary/aromatic N) is 1. The van der Waals surface area contributed by atoms with E-state index >= 15 is 0 Å². The fraction of sp³-hybridized carbons (Fsp3) is 0.160. The maximum atomic E-state index is 12.7. The molecule has 32 heavy (non-hydrogen) atoms. The molecule has 1 aromatic heterocycles. The van der Waals surface area contributed by atoms with E-state index < -0.39 is 0 Å². The Hall–Kier alpha value is -3.58. The van der Waals surface area contributed by atoms with Crippen LogP contribution in [0.25, 0.3) is 11.0 Å². The van der Waals surface area contributed by atoms with E-state index in [1.54, 1.807) is 17.8 Å². The Bertz CT molecular complexity index is 1260. The van der Waals surface area contributed by atoms with Crippen LogP contribution in [0.2, 0.25) is 0 Å². The second-order valence-electron chi connectivity index (χ2n) is 7.48. The van der Waals surface area contributed by atoms with Gasteiger partial charge in [0.25, 0.3) is 5.91 Å². The molecule has 0 saturated heterocycles. The van der Waals surface area contributed by atoms with Gasteiger partial charge in [-0.15, -0.1) is 11.8 Å². The summed E-state index contributed by atoms with van der Waals surface area (Å²) in [6.07, 6.45) is 3.57. The highest BCUT2D eigenvalue weighted by Crippen LogP contribution is 2.21. The number of aromatic amines is 1. The fourth-order valence-corrected chi connectivity index (χ4v) is 3.91. The second-order valence-corrected chi connectivity index (χ2v) is 8.36. The number of hydrogen-bond acceptors (Lipinski definition) is 4. The van der Waals surface area contributed by atoms with Crippen molar-refractivity contribution in [3.8, 4) is 0 Å². The molecular formula is C25H24N4O2S. The number of fused-ring (bicyclic) bond motifs is 1. The molecule has 1 heterocycles. The molecule has 4 rings (SSSR count). The van der Waals surface area contributed by atoms with Crippen molar-refractivity contribution in [1.29, 1.82) is 0 Å². The van der Waals surface area contributed by atoms with Crippen LogP contribution >= 0.6 is 11.8 Å². The van der Waals surface area contributed by atoms with E-state index in [0.717, 1.165) is 51.5 Å². The first-order valence-corrected chi connectivity index (χ1v) is 11.5. The standard InChI is InChI=1S/C25H24N4O2S/c1-16(30)26-19-10-6-17(7-11-19)8-13-24-28-22-12-9-18(14-23(22)29-24)25(31)27-20-4-3-5-21(15-20)32-2/h3-7,9-12,14-15H,8,13H2,1-2H3,(H,26,30)(H,27,31)(H,28,29). The van der Waals surface area contributed by atoms with Gasteiger partial charge < -0.3 is 15.6 Å². The lowest BCUT2D eigenvalue weighted by molar-refractivity contribution is -0.114. The fourth-order valence-electron chi connectivity index (χ4n) is 3.45. The molecule has 162 valence electrons. The number of thioether (sulfide) groups is 1. The molecule has 2 amide bonds. The van der Waals surface area contributed by atoms with Gasteiger partial charge >= 0.3 is 0 Å². The van der Waals surface area contributed by atoms with Gasteiger partial charge in [-0.3, -0.25) is 9.59 Å². The molecule has 0 spiro atoms. The number of imidazole rings is 1. The van der Waals surface area contributed by atoms with Crippen molar-refractivity contribution in [2.75, 3.05) is 16.9 Å². The summed E-state index contributed by atoms with van der Waals surface area (Å²) in [6.45, 7) is 1.49. The maximum Gasteiger partial charge on any atom is 0.255 e. The largest absolute Gasteiger partial charge is 0.342 e. The third kappa shape index (κ3) is 5.36. The highest BCUT2D eigenvalue weighted by atomic mass is 32.2. The van der Waals surface area contributed by atoms with E-state index in [-0.39, 0.29) is 11.8 Å². The predicted octanol–water partition coefficient (Wildman–Crippen LogP) is 5.28. The van der Waals surface area contributed by atoms with Gasteiger partial charge in [-0.1, -0.05) is 18.2 Å². The van der Waals surface area contributed by atoms with Gasteiger partial charge in [0.1, 0.15) is 5.82 Å². The first-order chi connectivity index (χ1) is 15.5. The molecule has 0 fully saturated rings. The van der Waals surface area contributed by atoms with Crippen molar-refractivity contribution in [3.05, 3.63) is 83.7 Å². The molecular weight excluding hydrogens is 420 g/mol. The molecule has 3 N–H and O–H groups in total. The van der Waals surface area contributed by atoms with Crippen LogP contribution in [0, 0.1) is 0 Å². The molecule has 0 unspecified atom stereocenters. The maximum absolute atomic E-state index is 12.7. The Morgan fingerprint density at radius 1 is 0.938 bits per heavy atom. The molecule has 0 aliphatic carbocycles. The van der Waals surface area contributed by atoms with Crippen molar-refractivity contribution >= 4 is 46.0 Å². The zero-order valence-electron chi connectivity index (χ0n) is 17.9. The third-order valence-corrected chi connectivity index (χ3v) is 5.77. The van der Waals surface area contributed by atoms with Gasteiger partial charge in [0.05, 0.1) is 11.0 Å². The molecule has 0 bridgehead atoms. The Balaban J connectivity index is 1.42. The van der Waals surface area contributed by atoms with Crippen molar-refractivity contribution in [1.82, 2.24) is 9.97 Å².